The number of Topliss-reactive ketones (excluding diaryl/α,β-unsaturated/α-hetero) is 1. The van der Waals surface area contributed by atoms with Gasteiger partial charge in [0.2, 0.25) is 0 Å². The van der Waals surface area contributed by atoms with Gasteiger partial charge in [0, 0.05) is 11.4 Å². The van der Waals surface area contributed by atoms with Crippen LogP contribution < -0.4 is 9.80 Å². The summed E-state index contributed by atoms with van der Waals surface area (Å²) in [7, 11) is 0. The number of alkyl halides is 3. The summed E-state index contributed by atoms with van der Waals surface area (Å²) in [6, 6.07) is 6.16. The van der Waals surface area contributed by atoms with E-state index < -0.39 is 41.5 Å². The molecule has 1 fully saturated rings. The SMILES string of the molecule is CC(=O)c1ccc(N2C(=O)N(c3ccc(C)c(C(F)(F)F)c3)C(C)C2C)cc1F. The molecule has 2 unspecified atom stereocenters. The van der Waals surface area contributed by atoms with Gasteiger partial charge in [0.25, 0.3) is 0 Å². The van der Waals surface area contributed by atoms with E-state index in [0.717, 1.165) is 12.1 Å². The van der Waals surface area contributed by atoms with Gasteiger partial charge in [-0.3, -0.25) is 14.6 Å². The molecule has 2 aromatic carbocycles. The maximum absolute atomic E-state index is 14.3. The monoisotopic (exact) mass is 408 g/mol. The second-order valence-corrected chi connectivity index (χ2v) is 7.22. The Morgan fingerprint density at radius 3 is 1.97 bits per heavy atom. The summed E-state index contributed by atoms with van der Waals surface area (Å²) in [6.07, 6.45) is -4.54. The molecule has 1 aliphatic heterocycles. The normalized spacial score (nSPS) is 19.8. The number of hydrogen-bond donors (Lipinski definition) is 0. The van der Waals surface area contributed by atoms with Gasteiger partial charge in [0.15, 0.2) is 5.78 Å². The summed E-state index contributed by atoms with van der Waals surface area (Å²) in [6.45, 7) is 6.05. The van der Waals surface area contributed by atoms with Crippen LogP contribution in [0.3, 0.4) is 0 Å². The van der Waals surface area contributed by atoms with Crippen LogP contribution in [0.5, 0.6) is 0 Å². The molecule has 2 atom stereocenters. The Labute approximate surface area is 165 Å². The first-order chi connectivity index (χ1) is 13.4. The fraction of sp³-hybridized carbons (Fsp3) is 0.333. The van der Waals surface area contributed by atoms with Gasteiger partial charge in [-0.15, -0.1) is 0 Å². The van der Waals surface area contributed by atoms with Crippen molar-refractivity contribution in [1.29, 1.82) is 0 Å². The van der Waals surface area contributed by atoms with Gasteiger partial charge in [-0.1, -0.05) is 6.07 Å². The predicted octanol–water partition coefficient (Wildman–Crippen LogP) is 5.58. The first-order valence-electron chi connectivity index (χ1n) is 9.04. The zero-order chi connectivity index (χ0) is 21.7. The average Bonchev–Trinajstić information content (AvgIpc) is 2.83. The van der Waals surface area contributed by atoms with Crippen molar-refractivity contribution >= 4 is 23.2 Å². The van der Waals surface area contributed by atoms with E-state index in [0.29, 0.717) is 0 Å². The van der Waals surface area contributed by atoms with Crippen molar-refractivity contribution in [2.75, 3.05) is 9.80 Å². The predicted molar refractivity (Wildman–Crippen MR) is 102 cm³/mol. The molecule has 0 spiro atoms. The number of aryl methyl sites for hydroxylation is 1. The molecule has 2 aromatic rings. The number of carbonyl (C=O) groups excluding carboxylic acids is 2. The number of nitrogens with zero attached hydrogens (tertiary/aromatic N) is 2. The van der Waals surface area contributed by atoms with E-state index in [-0.39, 0.29) is 22.5 Å². The molecule has 2 amide bonds. The minimum Gasteiger partial charge on any atom is -0.294 e. The van der Waals surface area contributed by atoms with Crippen LogP contribution >= 0.6 is 0 Å². The lowest BCUT2D eigenvalue weighted by Gasteiger charge is -2.23. The lowest BCUT2D eigenvalue weighted by atomic mass is 10.1. The van der Waals surface area contributed by atoms with E-state index in [2.05, 4.69) is 0 Å². The Morgan fingerprint density at radius 2 is 1.48 bits per heavy atom. The maximum atomic E-state index is 14.3. The zero-order valence-corrected chi connectivity index (χ0v) is 16.3. The van der Waals surface area contributed by atoms with Crippen LogP contribution in [0.2, 0.25) is 0 Å². The molecule has 0 radical (unpaired) electrons. The molecule has 29 heavy (non-hydrogen) atoms. The second kappa shape index (κ2) is 7.17. The van der Waals surface area contributed by atoms with Crippen LogP contribution in [0.4, 0.5) is 33.7 Å². The molecule has 0 N–H and O–H groups in total. The van der Waals surface area contributed by atoms with Crippen LogP contribution in [0.25, 0.3) is 0 Å². The van der Waals surface area contributed by atoms with Crippen molar-refractivity contribution in [3.8, 4) is 0 Å². The molecule has 154 valence electrons. The Bertz CT molecular complexity index is 987. The molecule has 0 bridgehead atoms. The third-order valence-corrected chi connectivity index (χ3v) is 5.34. The van der Waals surface area contributed by atoms with Gasteiger partial charge >= 0.3 is 12.2 Å². The van der Waals surface area contributed by atoms with Crippen molar-refractivity contribution < 1.29 is 27.2 Å². The van der Waals surface area contributed by atoms with Crippen LogP contribution in [-0.4, -0.2) is 23.9 Å². The number of hydrogen-bond acceptors (Lipinski definition) is 2. The Hall–Kier alpha value is -2.90. The van der Waals surface area contributed by atoms with E-state index in [4.69, 9.17) is 0 Å². The smallest absolute Gasteiger partial charge is 0.294 e. The fourth-order valence-electron chi connectivity index (χ4n) is 3.59. The minimum atomic E-state index is -4.54. The highest BCUT2D eigenvalue weighted by Crippen LogP contribution is 2.38. The van der Waals surface area contributed by atoms with Crippen LogP contribution in [0.15, 0.2) is 36.4 Å². The molecule has 1 heterocycles. The highest BCUT2D eigenvalue weighted by molar-refractivity contribution is 6.07. The molecule has 8 heteroatoms. The molecular formula is C21H20F4N2O2. The quantitative estimate of drug-likeness (QED) is 0.491. The zero-order valence-electron chi connectivity index (χ0n) is 16.3. The van der Waals surface area contributed by atoms with Crippen molar-refractivity contribution in [3.05, 3.63) is 58.9 Å². The Kier molecular flexibility index (Phi) is 5.15. The summed E-state index contributed by atoms with van der Waals surface area (Å²) in [5.41, 5.74) is -0.477. The summed E-state index contributed by atoms with van der Waals surface area (Å²) >= 11 is 0. The van der Waals surface area contributed by atoms with E-state index in [1.807, 2.05) is 0 Å². The second-order valence-electron chi connectivity index (χ2n) is 7.22. The van der Waals surface area contributed by atoms with Crippen molar-refractivity contribution in [3.63, 3.8) is 0 Å². The largest absolute Gasteiger partial charge is 0.416 e. The number of ketones is 1. The number of amides is 2. The number of halogens is 4. The molecule has 0 aliphatic carbocycles. The molecule has 0 aromatic heterocycles. The first kappa shape index (κ1) is 20.8. The van der Waals surface area contributed by atoms with E-state index in [9.17, 15) is 27.2 Å². The van der Waals surface area contributed by atoms with Gasteiger partial charge in [-0.2, -0.15) is 13.2 Å². The highest BCUT2D eigenvalue weighted by Gasteiger charge is 2.43. The van der Waals surface area contributed by atoms with Crippen LogP contribution in [0, 0.1) is 12.7 Å². The number of rotatable bonds is 3. The highest BCUT2D eigenvalue weighted by atomic mass is 19.4. The summed E-state index contributed by atoms with van der Waals surface area (Å²) in [5, 5.41) is 0. The molecular weight excluding hydrogens is 388 g/mol. The molecule has 1 aliphatic rings. The van der Waals surface area contributed by atoms with Gasteiger partial charge in [-0.25, -0.2) is 9.18 Å². The van der Waals surface area contributed by atoms with Crippen molar-refractivity contribution in [2.24, 2.45) is 0 Å². The van der Waals surface area contributed by atoms with Crippen LogP contribution in [-0.2, 0) is 6.18 Å². The van der Waals surface area contributed by atoms with Gasteiger partial charge in [-0.05, 0) is 63.6 Å². The average molecular weight is 408 g/mol. The van der Waals surface area contributed by atoms with Crippen molar-refractivity contribution in [2.45, 2.75) is 46.0 Å². The standard InChI is InChI=1S/C21H20F4N2O2/c1-11-5-6-15(9-18(11)21(23,24)25)26-12(2)13(3)27(20(26)29)16-7-8-17(14(4)28)19(22)10-16/h5-10,12-13H,1-4H3. The number of benzene rings is 2. The molecule has 4 nitrogen and oxygen atoms in total. The van der Waals surface area contributed by atoms with E-state index in [1.165, 1.54) is 47.9 Å². The lowest BCUT2D eigenvalue weighted by Crippen LogP contribution is -2.34. The minimum absolute atomic E-state index is 0.0624. The first-order valence-corrected chi connectivity index (χ1v) is 9.04. The Balaban J connectivity index is 2.02. The van der Waals surface area contributed by atoms with E-state index in [1.54, 1.807) is 13.8 Å². The number of carbonyl (C=O) groups is 2. The fourth-order valence-corrected chi connectivity index (χ4v) is 3.59. The van der Waals surface area contributed by atoms with Crippen molar-refractivity contribution in [1.82, 2.24) is 0 Å². The van der Waals surface area contributed by atoms with Gasteiger partial charge < -0.3 is 0 Å². The molecule has 0 saturated carbocycles. The van der Waals surface area contributed by atoms with E-state index >= 15 is 0 Å². The number of anilines is 2. The third kappa shape index (κ3) is 3.59. The van der Waals surface area contributed by atoms with Gasteiger partial charge in [0.05, 0.1) is 23.2 Å². The summed E-state index contributed by atoms with van der Waals surface area (Å²) in [5.74, 6) is -1.19. The number of urea groups is 1. The van der Waals surface area contributed by atoms with Gasteiger partial charge in [0.1, 0.15) is 5.82 Å². The third-order valence-electron chi connectivity index (χ3n) is 5.34. The molecule has 3 rings (SSSR count). The summed E-state index contributed by atoms with van der Waals surface area (Å²) < 4.78 is 54.1. The molecule has 1 saturated heterocycles. The summed E-state index contributed by atoms with van der Waals surface area (Å²) in [4.78, 5) is 27.1. The maximum Gasteiger partial charge on any atom is 0.416 e. The lowest BCUT2D eigenvalue weighted by molar-refractivity contribution is -0.138. The Morgan fingerprint density at radius 1 is 0.966 bits per heavy atom. The van der Waals surface area contributed by atoms with Crippen LogP contribution in [0.1, 0.15) is 42.3 Å². The topological polar surface area (TPSA) is 40.6 Å².